The predicted octanol–water partition coefficient (Wildman–Crippen LogP) is 4.90. The maximum Gasteiger partial charge on any atom is 0.257 e. The Morgan fingerprint density at radius 1 is 1.14 bits per heavy atom. The van der Waals surface area contributed by atoms with Gasteiger partial charge in [0.25, 0.3) is 5.91 Å². The van der Waals surface area contributed by atoms with Gasteiger partial charge in [-0.1, -0.05) is 23.7 Å². The molecule has 0 radical (unpaired) electrons. The first-order valence-corrected chi connectivity index (χ1v) is 7.42. The van der Waals surface area contributed by atoms with E-state index in [2.05, 4.69) is 26.2 Å². The first-order chi connectivity index (χ1) is 10.1. The van der Waals surface area contributed by atoms with Crippen LogP contribution in [0.1, 0.15) is 10.4 Å². The molecule has 0 aliphatic rings. The molecule has 21 heavy (non-hydrogen) atoms. The van der Waals surface area contributed by atoms with Gasteiger partial charge in [0.15, 0.2) is 0 Å². The number of anilines is 1. The van der Waals surface area contributed by atoms with Gasteiger partial charge in [0.05, 0.1) is 16.1 Å². The van der Waals surface area contributed by atoms with E-state index >= 15 is 0 Å². The molecule has 0 aliphatic carbocycles. The molecule has 1 aromatic heterocycles. The topological polar surface area (TPSA) is 42.0 Å². The van der Waals surface area contributed by atoms with Crippen molar-refractivity contribution in [3.8, 4) is 0 Å². The van der Waals surface area contributed by atoms with Gasteiger partial charge in [0.1, 0.15) is 0 Å². The Morgan fingerprint density at radius 3 is 2.86 bits per heavy atom. The zero-order valence-corrected chi connectivity index (χ0v) is 13.1. The molecule has 1 amide bonds. The summed E-state index contributed by atoms with van der Waals surface area (Å²) >= 11 is 9.44. The van der Waals surface area contributed by atoms with E-state index in [1.165, 1.54) is 0 Å². The number of rotatable bonds is 2. The van der Waals surface area contributed by atoms with Gasteiger partial charge in [-0.25, -0.2) is 0 Å². The summed E-state index contributed by atoms with van der Waals surface area (Å²) in [6.07, 6.45) is 1.74. The first-order valence-electron chi connectivity index (χ1n) is 6.25. The fourth-order valence-electron chi connectivity index (χ4n) is 2.03. The highest BCUT2D eigenvalue weighted by Crippen LogP contribution is 2.27. The molecule has 1 N–H and O–H groups in total. The van der Waals surface area contributed by atoms with Gasteiger partial charge >= 0.3 is 0 Å². The Kier molecular flexibility index (Phi) is 3.90. The molecule has 0 aliphatic heterocycles. The number of pyridine rings is 1. The summed E-state index contributed by atoms with van der Waals surface area (Å²) in [5.41, 5.74) is 2.02. The molecular formula is C16H10BrClN2O. The lowest BCUT2D eigenvalue weighted by molar-refractivity contribution is 0.102. The van der Waals surface area contributed by atoms with Crippen LogP contribution in [0.25, 0.3) is 10.9 Å². The number of halogens is 2. The van der Waals surface area contributed by atoms with Crippen molar-refractivity contribution in [3.05, 3.63) is 69.8 Å². The molecule has 3 nitrogen and oxygen atoms in total. The highest BCUT2D eigenvalue weighted by molar-refractivity contribution is 9.10. The summed E-state index contributed by atoms with van der Waals surface area (Å²) in [6, 6.07) is 14.6. The number of carbonyl (C=O) groups is 1. The predicted molar refractivity (Wildman–Crippen MR) is 88.8 cm³/mol. The lowest BCUT2D eigenvalue weighted by Gasteiger charge is -2.08. The third-order valence-corrected chi connectivity index (χ3v) is 4.35. The molecule has 1 heterocycles. The van der Waals surface area contributed by atoms with E-state index in [1.807, 2.05) is 30.3 Å². The van der Waals surface area contributed by atoms with Crippen molar-refractivity contribution in [3.63, 3.8) is 0 Å². The van der Waals surface area contributed by atoms with E-state index in [-0.39, 0.29) is 5.91 Å². The molecule has 0 saturated heterocycles. The number of aromatic nitrogens is 1. The number of fused-ring (bicyclic) bond motifs is 1. The molecule has 0 atom stereocenters. The van der Waals surface area contributed by atoms with Crippen molar-refractivity contribution < 1.29 is 4.79 Å². The average molecular weight is 362 g/mol. The summed E-state index contributed by atoms with van der Waals surface area (Å²) in [5, 5.41) is 4.22. The maximum atomic E-state index is 12.3. The lowest BCUT2D eigenvalue weighted by Crippen LogP contribution is -2.12. The van der Waals surface area contributed by atoms with Crippen LogP contribution in [0.2, 0.25) is 5.02 Å². The van der Waals surface area contributed by atoms with E-state index in [9.17, 15) is 4.79 Å². The van der Waals surface area contributed by atoms with Crippen LogP contribution in [0.3, 0.4) is 0 Å². The van der Waals surface area contributed by atoms with Crippen molar-refractivity contribution in [1.82, 2.24) is 4.98 Å². The fraction of sp³-hybridized carbons (Fsp3) is 0. The van der Waals surface area contributed by atoms with E-state index in [1.54, 1.807) is 24.4 Å². The highest BCUT2D eigenvalue weighted by Gasteiger charge is 2.12. The minimum atomic E-state index is -0.246. The van der Waals surface area contributed by atoms with Crippen molar-refractivity contribution in [2.75, 3.05) is 5.32 Å². The van der Waals surface area contributed by atoms with Crippen LogP contribution in [0.15, 0.2) is 59.2 Å². The molecule has 0 spiro atoms. The monoisotopic (exact) mass is 360 g/mol. The quantitative estimate of drug-likeness (QED) is 0.705. The van der Waals surface area contributed by atoms with Gasteiger partial charge in [0.2, 0.25) is 0 Å². The van der Waals surface area contributed by atoms with Gasteiger partial charge in [0, 0.05) is 21.7 Å². The Morgan fingerprint density at radius 2 is 2.00 bits per heavy atom. The number of nitrogens with zero attached hydrogens (tertiary/aromatic N) is 1. The van der Waals surface area contributed by atoms with E-state index in [4.69, 9.17) is 11.6 Å². The van der Waals surface area contributed by atoms with Crippen molar-refractivity contribution >= 4 is 50.0 Å². The maximum absolute atomic E-state index is 12.3. The number of nitrogens with one attached hydrogen (secondary N) is 1. The molecule has 104 valence electrons. The molecule has 3 rings (SSSR count). The smallest absolute Gasteiger partial charge is 0.257 e. The zero-order valence-electron chi connectivity index (χ0n) is 10.8. The minimum absolute atomic E-state index is 0.246. The molecular weight excluding hydrogens is 352 g/mol. The number of hydrogen-bond acceptors (Lipinski definition) is 2. The zero-order chi connectivity index (χ0) is 14.8. The van der Waals surface area contributed by atoms with Gasteiger partial charge in [-0.15, -0.1) is 0 Å². The molecule has 0 fully saturated rings. The number of benzene rings is 2. The molecule has 3 aromatic rings. The average Bonchev–Trinajstić information content (AvgIpc) is 2.50. The van der Waals surface area contributed by atoms with Gasteiger partial charge in [-0.05, 0) is 52.3 Å². The van der Waals surface area contributed by atoms with Crippen molar-refractivity contribution in [2.24, 2.45) is 0 Å². The minimum Gasteiger partial charge on any atom is -0.322 e. The van der Waals surface area contributed by atoms with Crippen LogP contribution in [-0.2, 0) is 0 Å². The molecule has 5 heteroatoms. The summed E-state index contributed by atoms with van der Waals surface area (Å²) in [7, 11) is 0. The largest absolute Gasteiger partial charge is 0.322 e. The van der Waals surface area contributed by atoms with Crippen LogP contribution >= 0.6 is 27.5 Å². The van der Waals surface area contributed by atoms with Crippen molar-refractivity contribution in [1.29, 1.82) is 0 Å². The molecule has 0 bridgehead atoms. The second-order valence-electron chi connectivity index (χ2n) is 4.47. The summed E-state index contributed by atoms with van der Waals surface area (Å²) in [5.74, 6) is -0.246. The Balaban J connectivity index is 1.91. The van der Waals surface area contributed by atoms with Crippen LogP contribution in [0.5, 0.6) is 0 Å². The van der Waals surface area contributed by atoms with Crippen LogP contribution in [0, 0.1) is 0 Å². The molecule has 0 saturated carbocycles. The Labute approximate surface area is 135 Å². The normalized spacial score (nSPS) is 10.6. The van der Waals surface area contributed by atoms with Gasteiger partial charge < -0.3 is 5.32 Å². The lowest BCUT2D eigenvalue weighted by atomic mass is 10.1. The summed E-state index contributed by atoms with van der Waals surface area (Å²) in [6.45, 7) is 0. The van der Waals surface area contributed by atoms with E-state index < -0.39 is 0 Å². The van der Waals surface area contributed by atoms with Gasteiger partial charge in [-0.2, -0.15) is 0 Å². The fourth-order valence-corrected chi connectivity index (χ4v) is 2.61. The highest BCUT2D eigenvalue weighted by atomic mass is 79.9. The number of amides is 1. The van der Waals surface area contributed by atoms with E-state index in [0.717, 1.165) is 10.9 Å². The Hall–Kier alpha value is -1.91. The van der Waals surface area contributed by atoms with Crippen LogP contribution in [0.4, 0.5) is 5.69 Å². The SMILES string of the molecule is O=C(Nc1ccc2ncccc2c1)c1cccc(Br)c1Cl. The van der Waals surface area contributed by atoms with E-state index in [0.29, 0.717) is 20.7 Å². The van der Waals surface area contributed by atoms with Gasteiger partial charge in [-0.3, -0.25) is 9.78 Å². The standard InChI is InChI=1S/C16H10BrClN2O/c17-13-5-1-4-12(15(13)18)16(21)20-11-6-7-14-10(9-11)3-2-8-19-14/h1-9H,(H,20,21). The summed E-state index contributed by atoms with van der Waals surface area (Å²) in [4.78, 5) is 16.5. The van der Waals surface area contributed by atoms with Crippen LogP contribution in [-0.4, -0.2) is 10.9 Å². The number of hydrogen-bond donors (Lipinski definition) is 1. The molecule has 2 aromatic carbocycles. The van der Waals surface area contributed by atoms with Crippen molar-refractivity contribution in [2.45, 2.75) is 0 Å². The van der Waals surface area contributed by atoms with Crippen LogP contribution < -0.4 is 5.32 Å². The Bertz CT molecular complexity index is 835. The third kappa shape index (κ3) is 2.91. The second kappa shape index (κ2) is 5.84. The second-order valence-corrected chi connectivity index (χ2v) is 5.70. The molecule has 0 unspecified atom stereocenters. The summed E-state index contributed by atoms with van der Waals surface area (Å²) < 4.78 is 0.694. The third-order valence-electron chi connectivity index (χ3n) is 3.06. The first kappa shape index (κ1) is 14.0. The number of carbonyl (C=O) groups excluding carboxylic acids is 1.